The lowest BCUT2D eigenvalue weighted by molar-refractivity contribution is -0.118. The van der Waals surface area contributed by atoms with Crippen LogP contribution in [0.3, 0.4) is 0 Å². The quantitative estimate of drug-likeness (QED) is 0.455. The lowest BCUT2D eigenvalue weighted by Gasteiger charge is -2.33. The smallest absolute Gasteiger partial charge is 0.238 e. The summed E-state index contributed by atoms with van der Waals surface area (Å²) in [6, 6.07) is 18.4. The molecule has 5 rings (SSSR count). The Morgan fingerprint density at radius 2 is 1.88 bits per heavy atom. The zero-order valence-corrected chi connectivity index (χ0v) is 19.2. The summed E-state index contributed by atoms with van der Waals surface area (Å²) in [6.45, 7) is 5.20. The van der Waals surface area contributed by atoms with Crippen LogP contribution in [0.4, 0.5) is 5.69 Å². The maximum atomic E-state index is 13.1. The van der Waals surface area contributed by atoms with Gasteiger partial charge in [-0.15, -0.1) is 11.3 Å². The van der Waals surface area contributed by atoms with Gasteiger partial charge in [0.15, 0.2) is 0 Å². The molecule has 0 radical (unpaired) electrons. The monoisotopic (exact) mass is 445 g/mol. The molecule has 164 valence electrons. The summed E-state index contributed by atoms with van der Waals surface area (Å²) in [7, 11) is 0. The van der Waals surface area contributed by atoms with Crippen molar-refractivity contribution in [3.63, 3.8) is 0 Å². The van der Waals surface area contributed by atoms with E-state index in [1.165, 1.54) is 11.1 Å². The van der Waals surface area contributed by atoms with Gasteiger partial charge in [0, 0.05) is 0 Å². The van der Waals surface area contributed by atoms with Crippen LogP contribution in [-0.2, 0) is 4.79 Å². The number of fused-ring (bicyclic) bond motifs is 1. The van der Waals surface area contributed by atoms with Gasteiger partial charge in [0.2, 0.25) is 5.91 Å². The Balaban J connectivity index is 1.33. The molecular formula is C25H27N5OS. The number of nitrogens with one attached hydrogen (secondary N) is 1. The predicted molar refractivity (Wildman–Crippen MR) is 129 cm³/mol. The molecule has 1 N–H and O–H groups in total. The van der Waals surface area contributed by atoms with Gasteiger partial charge in [-0.3, -0.25) is 9.69 Å². The minimum absolute atomic E-state index is 0.00294. The van der Waals surface area contributed by atoms with Crippen molar-refractivity contribution in [2.45, 2.75) is 39.2 Å². The molecule has 1 saturated heterocycles. The number of likely N-dealkylation sites (tertiary alicyclic amines) is 1. The number of para-hydroxylation sites is 2. The Kier molecular flexibility index (Phi) is 5.76. The van der Waals surface area contributed by atoms with Gasteiger partial charge in [-0.1, -0.05) is 36.8 Å². The first-order valence-electron chi connectivity index (χ1n) is 11.1. The molecular weight excluding hydrogens is 418 g/mol. The van der Waals surface area contributed by atoms with Crippen LogP contribution in [0.1, 0.15) is 41.7 Å². The Morgan fingerprint density at radius 1 is 1.09 bits per heavy atom. The van der Waals surface area contributed by atoms with Crippen LogP contribution >= 0.6 is 11.3 Å². The van der Waals surface area contributed by atoms with Crippen LogP contribution in [0.15, 0.2) is 54.6 Å². The maximum Gasteiger partial charge on any atom is 0.238 e. The molecule has 0 bridgehead atoms. The molecule has 1 aliphatic heterocycles. The second-order valence-electron chi connectivity index (χ2n) is 8.34. The molecule has 0 aliphatic carbocycles. The van der Waals surface area contributed by atoms with Gasteiger partial charge >= 0.3 is 0 Å². The fraction of sp³-hybridized carbons (Fsp3) is 0.320. The highest BCUT2D eigenvalue weighted by Gasteiger charge is 2.28. The first-order valence-corrected chi connectivity index (χ1v) is 11.9. The van der Waals surface area contributed by atoms with E-state index in [4.69, 9.17) is 4.98 Å². The largest absolute Gasteiger partial charge is 0.322 e. The summed E-state index contributed by atoms with van der Waals surface area (Å²) in [4.78, 5) is 20.2. The number of aromatic nitrogens is 3. The standard InChI is InChI=1S/C25H27N5OS/c1-17-24(18(2)30(28-17)19-10-4-3-5-11-19)27-23(31)16-29-15-9-8-13-21(29)25-26-20-12-6-7-14-22(20)32-25/h3-7,10-12,14,21H,8-9,13,15-16H2,1-2H3,(H,27,31). The van der Waals surface area contributed by atoms with Crippen LogP contribution in [-0.4, -0.2) is 38.7 Å². The number of benzene rings is 2. The fourth-order valence-electron chi connectivity index (χ4n) is 4.50. The minimum Gasteiger partial charge on any atom is -0.322 e. The second kappa shape index (κ2) is 8.84. The van der Waals surface area contributed by atoms with Gasteiger partial charge < -0.3 is 5.32 Å². The normalized spacial score (nSPS) is 17.0. The number of hydrogen-bond acceptors (Lipinski definition) is 5. The summed E-state index contributed by atoms with van der Waals surface area (Å²) in [5.74, 6) is -0.00294. The lowest BCUT2D eigenvalue weighted by Crippen LogP contribution is -2.39. The van der Waals surface area contributed by atoms with Gasteiger partial charge in [0.05, 0.1) is 45.6 Å². The average Bonchev–Trinajstić information content (AvgIpc) is 3.36. The third kappa shape index (κ3) is 4.06. The van der Waals surface area contributed by atoms with E-state index in [1.807, 2.05) is 54.9 Å². The van der Waals surface area contributed by atoms with E-state index in [0.29, 0.717) is 6.54 Å². The van der Waals surface area contributed by atoms with Crippen molar-refractivity contribution in [3.8, 4) is 5.69 Å². The molecule has 0 spiro atoms. The van der Waals surface area contributed by atoms with Gasteiger partial charge in [-0.25, -0.2) is 9.67 Å². The van der Waals surface area contributed by atoms with E-state index in [9.17, 15) is 4.79 Å². The number of carbonyl (C=O) groups is 1. The van der Waals surface area contributed by atoms with Gasteiger partial charge in [-0.05, 0) is 57.5 Å². The Labute approximate surface area is 191 Å². The number of rotatable bonds is 5. The van der Waals surface area contributed by atoms with E-state index in [0.717, 1.165) is 52.7 Å². The average molecular weight is 446 g/mol. The third-order valence-corrected chi connectivity index (χ3v) is 7.25. The Bertz CT molecular complexity index is 1210. The first-order chi connectivity index (χ1) is 15.6. The molecule has 4 aromatic rings. The molecule has 2 aromatic carbocycles. The van der Waals surface area contributed by atoms with Crippen molar-refractivity contribution >= 4 is 33.1 Å². The van der Waals surface area contributed by atoms with Crippen LogP contribution in [0.2, 0.25) is 0 Å². The van der Waals surface area contributed by atoms with Gasteiger partial charge in [-0.2, -0.15) is 5.10 Å². The summed E-state index contributed by atoms with van der Waals surface area (Å²) in [6.07, 6.45) is 3.32. The van der Waals surface area contributed by atoms with Crippen molar-refractivity contribution in [3.05, 3.63) is 71.0 Å². The van der Waals surface area contributed by atoms with Gasteiger partial charge in [0.25, 0.3) is 0 Å². The third-order valence-electron chi connectivity index (χ3n) is 6.11. The molecule has 32 heavy (non-hydrogen) atoms. The number of hydrogen-bond donors (Lipinski definition) is 1. The Hall–Kier alpha value is -3.03. The highest BCUT2D eigenvalue weighted by molar-refractivity contribution is 7.18. The van der Waals surface area contributed by atoms with Crippen molar-refractivity contribution in [2.75, 3.05) is 18.4 Å². The molecule has 1 amide bonds. The number of nitrogens with zero attached hydrogens (tertiary/aromatic N) is 4. The number of piperidine rings is 1. The topological polar surface area (TPSA) is 63.1 Å². The SMILES string of the molecule is Cc1nn(-c2ccccc2)c(C)c1NC(=O)CN1CCCCC1c1nc2ccccc2s1. The van der Waals surface area contributed by atoms with Crippen LogP contribution in [0, 0.1) is 13.8 Å². The lowest BCUT2D eigenvalue weighted by atomic mass is 10.0. The second-order valence-corrected chi connectivity index (χ2v) is 9.41. The number of carbonyl (C=O) groups excluding carboxylic acids is 1. The first kappa shape index (κ1) is 20.8. The minimum atomic E-state index is -0.00294. The Morgan fingerprint density at radius 3 is 2.69 bits per heavy atom. The number of thiazole rings is 1. The summed E-state index contributed by atoms with van der Waals surface area (Å²) in [5, 5.41) is 8.89. The van der Waals surface area contributed by atoms with Crippen molar-refractivity contribution in [2.24, 2.45) is 0 Å². The van der Waals surface area contributed by atoms with Crippen LogP contribution in [0.5, 0.6) is 0 Å². The van der Waals surface area contributed by atoms with E-state index >= 15 is 0 Å². The number of amides is 1. The van der Waals surface area contributed by atoms with Gasteiger partial charge in [0.1, 0.15) is 5.01 Å². The zero-order chi connectivity index (χ0) is 22.1. The van der Waals surface area contributed by atoms with E-state index in [-0.39, 0.29) is 11.9 Å². The summed E-state index contributed by atoms with van der Waals surface area (Å²) < 4.78 is 3.09. The molecule has 1 fully saturated rings. The van der Waals surface area contributed by atoms with E-state index in [1.54, 1.807) is 11.3 Å². The summed E-state index contributed by atoms with van der Waals surface area (Å²) >= 11 is 1.75. The molecule has 0 saturated carbocycles. The molecule has 2 aromatic heterocycles. The molecule has 1 unspecified atom stereocenters. The molecule has 1 atom stereocenters. The number of anilines is 1. The maximum absolute atomic E-state index is 13.1. The van der Waals surface area contributed by atoms with Crippen LogP contribution < -0.4 is 5.32 Å². The van der Waals surface area contributed by atoms with Crippen molar-refractivity contribution in [1.82, 2.24) is 19.7 Å². The zero-order valence-electron chi connectivity index (χ0n) is 18.4. The number of aryl methyl sites for hydroxylation is 1. The fourth-order valence-corrected chi connectivity index (χ4v) is 5.64. The molecule has 6 nitrogen and oxygen atoms in total. The highest BCUT2D eigenvalue weighted by Crippen LogP contribution is 2.35. The van der Waals surface area contributed by atoms with E-state index in [2.05, 4.69) is 33.5 Å². The highest BCUT2D eigenvalue weighted by atomic mass is 32.1. The van der Waals surface area contributed by atoms with Crippen molar-refractivity contribution in [1.29, 1.82) is 0 Å². The summed E-state index contributed by atoms with van der Waals surface area (Å²) in [5.41, 5.74) is 4.58. The molecule has 7 heteroatoms. The predicted octanol–water partition coefficient (Wildman–Crippen LogP) is 5.26. The van der Waals surface area contributed by atoms with Crippen LogP contribution in [0.25, 0.3) is 15.9 Å². The molecule has 3 heterocycles. The van der Waals surface area contributed by atoms with E-state index < -0.39 is 0 Å². The molecule has 1 aliphatic rings. The van der Waals surface area contributed by atoms with Crippen molar-refractivity contribution < 1.29 is 4.79 Å².